The second kappa shape index (κ2) is 4.26. The molecule has 4 nitrogen and oxygen atoms in total. The minimum Gasteiger partial charge on any atom is -0.480 e. The van der Waals surface area contributed by atoms with Gasteiger partial charge in [0.05, 0.1) is 4.90 Å². The number of carbonyl (C=O) groups is 1. The van der Waals surface area contributed by atoms with Gasteiger partial charge in [-0.3, -0.25) is 4.79 Å². The Labute approximate surface area is 109 Å². The van der Waals surface area contributed by atoms with Gasteiger partial charge in [-0.15, -0.1) is 0 Å². The van der Waals surface area contributed by atoms with Gasteiger partial charge in [-0.1, -0.05) is 6.92 Å². The molecule has 0 radical (unpaired) electrons. The normalized spacial score (nSPS) is 26.8. The molecule has 0 aromatic heterocycles. The highest BCUT2D eigenvalue weighted by Gasteiger charge is 2.59. The monoisotopic (exact) mass is 290 g/mol. The van der Waals surface area contributed by atoms with E-state index in [-0.39, 0.29) is 18.8 Å². The lowest BCUT2D eigenvalue weighted by atomic mass is 9.75. The van der Waals surface area contributed by atoms with Gasteiger partial charge in [0.15, 0.2) is 26.2 Å². The molecule has 0 spiro atoms. The molecule has 0 amide bonds. The molecule has 1 aliphatic carbocycles. The largest absolute Gasteiger partial charge is 0.480 e. The molecule has 104 valence electrons. The molecule has 0 aliphatic heterocycles. The van der Waals surface area contributed by atoms with Gasteiger partial charge in [0, 0.05) is 0 Å². The van der Waals surface area contributed by atoms with E-state index in [1.54, 1.807) is 6.92 Å². The van der Waals surface area contributed by atoms with Gasteiger partial charge in [0.2, 0.25) is 0 Å². The van der Waals surface area contributed by atoms with Crippen LogP contribution in [0.2, 0.25) is 0 Å². The lowest BCUT2D eigenvalue weighted by molar-refractivity contribution is -0.143. The zero-order valence-electron chi connectivity index (χ0n) is 10.1. The molecule has 1 fully saturated rings. The Kier molecular flexibility index (Phi) is 3.12. The number of sulfone groups is 1. The van der Waals surface area contributed by atoms with Crippen molar-refractivity contribution in [3.8, 4) is 0 Å². The number of rotatable bonds is 3. The average molecular weight is 290 g/mol. The van der Waals surface area contributed by atoms with E-state index in [1.807, 2.05) is 0 Å². The minimum atomic E-state index is -4.24. The second-order valence-electron chi connectivity index (χ2n) is 4.89. The highest BCUT2D eigenvalue weighted by Crippen LogP contribution is 2.46. The van der Waals surface area contributed by atoms with Crippen LogP contribution in [-0.2, 0) is 14.6 Å². The minimum absolute atomic E-state index is 0.0241. The fraction of sp³-hybridized carbons (Fsp3) is 0.417. The van der Waals surface area contributed by atoms with Gasteiger partial charge >= 0.3 is 5.97 Å². The zero-order chi connectivity index (χ0) is 14.4. The Hall–Kier alpha value is -1.50. The first-order chi connectivity index (χ1) is 8.70. The maximum Gasteiger partial charge on any atom is 0.325 e. The van der Waals surface area contributed by atoms with Gasteiger partial charge in [0.25, 0.3) is 0 Å². The summed E-state index contributed by atoms with van der Waals surface area (Å²) in [6.07, 6.45) is -0.0483. The van der Waals surface area contributed by atoms with Gasteiger partial charge in [0.1, 0.15) is 0 Å². The first-order valence-corrected chi connectivity index (χ1v) is 7.12. The van der Waals surface area contributed by atoms with Crippen LogP contribution in [0.4, 0.5) is 8.78 Å². The third-order valence-electron chi connectivity index (χ3n) is 3.46. The molecular weight excluding hydrogens is 278 g/mol. The Morgan fingerprint density at radius 1 is 1.32 bits per heavy atom. The van der Waals surface area contributed by atoms with E-state index in [1.165, 1.54) is 0 Å². The fourth-order valence-corrected chi connectivity index (χ4v) is 4.64. The predicted octanol–water partition coefficient (Wildman–Crippen LogP) is 1.99. The van der Waals surface area contributed by atoms with Gasteiger partial charge in [-0.25, -0.2) is 17.2 Å². The summed E-state index contributed by atoms with van der Waals surface area (Å²) in [5, 5.41) is 9.18. The number of benzene rings is 1. The van der Waals surface area contributed by atoms with Crippen LogP contribution in [0.25, 0.3) is 0 Å². The van der Waals surface area contributed by atoms with Gasteiger partial charge < -0.3 is 5.11 Å². The van der Waals surface area contributed by atoms with E-state index in [9.17, 15) is 27.1 Å². The molecule has 2 rings (SSSR count). The highest BCUT2D eigenvalue weighted by atomic mass is 32.2. The van der Waals surface area contributed by atoms with Crippen LogP contribution in [0.15, 0.2) is 23.1 Å². The Balaban J connectivity index is 2.53. The molecule has 7 heteroatoms. The Morgan fingerprint density at radius 2 is 1.89 bits per heavy atom. The first-order valence-electron chi connectivity index (χ1n) is 5.64. The van der Waals surface area contributed by atoms with E-state index in [0.717, 1.165) is 6.07 Å². The van der Waals surface area contributed by atoms with Gasteiger partial charge in [-0.05, 0) is 37.0 Å². The molecule has 1 aromatic rings. The summed E-state index contributed by atoms with van der Waals surface area (Å²) in [5.41, 5.74) is 0. The van der Waals surface area contributed by atoms with Crippen LogP contribution in [-0.4, -0.2) is 24.2 Å². The summed E-state index contributed by atoms with van der Waals surface area (Å²) >= 11 is 0. The van der Waals surface area contributed by atoms with E-state index < -0.39 is 37.1 Å². The number of carboxylic acid groups (broad SMARTS) is 1. The smallest absolute Gasteiger partial charge is 0.325 e. The topological polar surface area (TPSA) is 71.4 Å². The molecule has 0 unspecified atom stereocenters. The van der Waals surface area contributed by atoms with Crippen molar-refractivity contribution in [1.82, 2.24) is 0 Å². The number of hydrogen-bond acceptors (Lipinski definition) is 3. The summed E-state index contributed by atoms with van der Waals surface area (Å²) < 4.78 is 48.6. The average Bonchev–Trinajstić information content (AvgIpc) is 2.27. The third-order valence-corrected chi connectivity index (χ3v) is 5.87. The summed E-state index contributed by atoms with van der Waals surface area (Å²) in [4.78, 5) is 10.8. The van der Waals surface area contributed by atoms with E-state index in [2.05, 4.69) is 0 Å². The maximum absolute atomic E-state index is 13.1. The molecule has 1 aromatic carbocycles. The van der Waals surface area contributed by atoms with Crippen molar-refractivity contribution in [2.45, 2.75) is 29.4 Å². The second-order valence-corrected chi connectivity index (χ2v) is 7.15. The first kappa shape index (κ1) is 13.9. The quantitative estimate of drug-likeness (QED) is 0.864. The molecular formula is C12H12F2O4S. The Bertz CT molecular complexity index is 633. The van der Waals surface area contributed by atoms with Crippen LogP contribution in [0.1, 0.15) is 19.8 Å². The summed E-state index contributed by atoms with van der Waals surface area (Å²) in [5.74, 6) is -3.97. The van der Waals surface area contributed by atoms with E-state index in [0.29, 0.717) is 12.1 Å². The number of carboxylic acids is 1. The van der Waals surface area contributed by atoms with Crippen molar-refractivity contribution >= 4 is 15.8 Å². The lowest BCUT2D eigenvalue weighted by Crippen LogP contribution is -2.55. The van der Waals surface area contributed by atoms with Crippen LogP contribution in [0.5, 0.6) is 0 Å². The van der Waals surface area contributed by atoms with E-state index in [4.69, 9.17) is 0 Å². The molecule has 1 aliphatic rings. The van der Waals surface area contributed by atoms with Crippen molar-refractivity contribution in [2.24, 2.45) is 5.92 Å². The van der Waals surface area contributed by atoms with Crippen LogP contribution >= 0.6 is 0 Å². The van der Waals surface area contributed by atoms with E-state index >= 15 is 0 Å². The molecule has 0 heterocycles. The lowest BCUT2D eigenvalue weighted by Gasteiger charge is -2.41. The van der Waals surface area contributed by atoms with Crippen molar-refractivity contribution in [3.05, 3.63) is 29.8 Å². The molecule has 0 saturated heterocycles. The van der Waals surface area contributed by atoms with Crippen LogP contribution < -0.4 is 0 Å². The van der Waals surface area contributed by atoms with Crippen molar-refractivity contribution in [2.75, 3.05) is 0 Å². The van der Waals surface area contributed by atoms with Crippen molar-refractivity contribution in [1.29, 1.82) is 0 Å². The molecule has 1 N–H and O–H groups in total. The van der Waals surface area contributed by atoms with Crippen LogP contribution in [0.3, 0.4) is 0 Å². The van der Waals surface area contributed by atoms with Gasteiger partial charge in [-0.2, -0.15) is 0 Å². The standard InChI is InChI=1S/C12H12F2O4S/c1-7-5-12(6-7,11(15)16)19(17,18)8-2-3-9(13)10(14)4-8/h2-4,7H,5-6H2,1H3,(H,15,16). The molecule has 0 atom stereocenters. The molecule has 1 saturated carbocycles. The molecule has 19 heavy (non-hydrogen) atoms. The number of hydrogen-bond donors (Lipinski definition) is 1. The zero-order valence-corrected chi connectivity index (χ0v) is 10.9. The highest BCUT2D eigenvalue weighted by molar-refractivity contribution is 7.93. The van der Waals surface area contributed by atoms with Crippen LogP contribution in [0, 0.1) is 17.6 Å². The summed E-state index contributed by atoms with van der Waals surface area (Å²) in [6, 6.07) is 2.10. The predicted molar refractivity (Wildman–Crippen MR) is 62.3 cm³/mol. The maximum atomic E-state index is 13.1. The number of aliphatic carboxylic acids is 1. The summed E-state index contributed by atoms with van der Waals surface area (Å²) in [7, 11) is -4.24. The third kappa shape index (κ3) is 1.92. The van der Waals surface area contributed by atoms with Crippen molar-refractivity contribution < 1.29 is 27.1 Å². The Morgan fingerprint density at radius 3 is 2.32 bits per heavy atom. The number of halogens is 2. The SMILES string of the molecule is CC1CC(C(=O)O)(S(=O)(=O)c2ccc(F)c(F)c2)C1. The summed E-state index contributed by atoms with van der Waals surface area (Å²) in [6.45, 7) is 1.74. The van der Waals surface area contributed by atoms with Crippen molar-refractivity contribution in [3.63, 3.8) is 0 Å². The molecule has 0 bridgehead atoms. The fourth-order valence-electron chi connectivity index (χ4n) is 2.44.